The lowest BCUT2D eigenvalue weighted by atomic mass is 9.72. The van der Waals surface area contributed by atoms with Gasteiger partial charge >= 0.3 is 0 Å². The van der Waals surface area contributed by atoms with Gasteiger partial charge in [0.25, 0.3) is 23.5 Å². The van der Waals surface area contributed by atoms with Crippen LogP contribution in [0.25, 0.3) is 0 Å². The standard InChI is InChI=1S/C24H25F4N5O4/c1-11-15(19(34)21(36)32-23(22(37)29-3)9-24(27,28)10-23)14-5-4-8-33(14)18(11)20(35)31-13-6-7-30-17(12(2)25)16(13)26/h6-7,12H,4-5,8-10H2,1-3H3,(H,29,37)(H,32,36)(H,30,31,35). The molecule has 1 unspecified atom stereocenters. The molecule has 0 spiro atoms. The Bertz CT molecular complexity index is 1310. The second-order valence-corrected chi connectivity index (χ2v) is 9.33. The third-order valence-electron chi connectivity index (χ3n) is 6.73. The number of Topliss-reactive ketones (excluding diaryl/α,β-unsaturated/α-hetero) is 1. The Morgan fingerprint density at radius 2 is 1.86 bits per heavy atom. The maximum Gasteiger partial charge on any atom is 0.293 e. The summed E-state index contributed by atoms with van der Waals surface area (Å²) in [6.07, 6.45) is -1.56. The van der Waals surface area contributed by atoms with E-state index in [-0.39, 0.29) is 22.5 Å². The third-order valence-corrected chi connectivity index (χ3v) is 6.73. The number of pyridine rings is 1. The fourth-order valence-electron chi connectivity index (χ4n) is 5.09. The van der Waals surface area contributed by atoms with Gasteiger partial charge in [-0.1, -0.05) is 0 Å². The number of amides is 3. The van der Waals surface area contributed by atoms with Gasteiger partial charge in [-0.15, -0.1) is 0 Å². The Balaban J connectivity index is 1.63. The predicted octanol–water partition coefficient (Wildman–Crippen LogP) is 2.77. The molecule has 9 nitrogen and oxygen atoms in total. The molecule has 3 amide bonds. The van der Waals surface area contributed by atoms with Gasteiger partial charge in [0.2, 0.25) is 5.91 Å². The molecule has 1 aliphatic carbocycles. The van der Waals surface area contributed by atoms with Gasteiger partial charge in [0, 0.05) is 38.3 Å². The number of carbonyl (C=O) groups is 4. The van der Waals surface area contributed by atoms with E-state index >= 15 is 0 Å². The number of nitrogens with one attached hydrogen (secondary N) is 3. The molecule has 4 rings (SSSR count). The van der Waals surface area contributed by atoms with Gasteiger partial charge in [-0.25, -0.2) is 17.6 Å². The first-order chi connectivity index (χ1) is 17.3. The highest BCUT2D eigenvalue weighted by Crippen LogP contribution is 2.46. The minimum atomic E-state index is -3.16. The largest absolute Gasteiger partial charge is 0.357 e. The molecule has 1 atom stereocenters. The summed E-state index contributed by atoms with van der Waals surface area (Å²) in [4.78, 5) is 55.1. The smallest absolute Gasteiger partial charge is 0.293 e. The van der Waals surface area contributed by atoms with Crippen LogP contribution in [-0.2, 0) is 22.6 Å². The molecule has 0 radical (unpaired) electrons. The third kappa shape index (κ3) is 4.46. The number of anilines is 1. The Morgan fingerprint density at radius 1 is 1.19 bits per heavy atom. The van der Waals surface area contributed by atoms with Crippen molar-refractivity contribution in [2.24, 2.45) is 0 Å². The molecule has 2 aliphatic rings. The van der Waals surface area contributed by atoms with Gasteiger partial charge in [-0.05, 0) is 38.3 Å². The number of fused-ring (bicyclic) bond motifs is 1. The molecule has 198 valence electrons. The fourth-order valence-corrected chi connectivity index (χ4v) is 5.09. The van der Waals surface area contributed by atoms with Gasteiger partial charge in [0.1, 0.15) is 23.1 Å². The van der Waals surface area contributed by atoms with Crippen molar-refractivity contribution in [1.82, 2.24) is 20.2 Å². The van der Waals surface area contributed by atoms with Crippen LogP contribution in [0.1, 0.15) is 70.2 Å². The normalized spacial score (nSPS) is 17.8. The topological polar surface area (TPSA) is 122 Å². The SMILES string of the molecule is CNC(=O)C1(NC(=O)C(=O)c2c(C)c(C(=O)Nc3ccnc(C(C)F)c3F)n3c2CCC3)CC(F)(F)C1. The van der Waals surface area contributed by atoms with Crippen LogP contribution in [0, 0.1) is 12.7 Å². The van der Waals surface area contributed by atoms with Crippen molar-refractivity contribution in [2.45, 2.75) is 63.7 Å². The Hall–Kier alpha value is -3.77. The van der Waals surface area contributed by atoms with Crippen LogP contribution in [0.2, 0.25) is 0 Å². The molecule has 0 bridgehead atoms. The number of nitrogens with zero attached hydrogens (tertiary/aromatic N) is 2. The highest BCUT2D eigenvalue weighted by atomic mass is 19.3. The van der Waals surface area contributed by atoms with Gasteiger partial charge < -0.3 is 20.5 Å². The first kappa shape index (κ1) is 26.3. The molecule has 1 fully saturated rings. The second kappa shape index (κ2) is 9.27. The zero-order valence-electron chi connectivity index (χ0n) is 20.3. The van der Waals surface area contributed by atoms with Gasteiger partial charge in [-0.2, -0.15) is 0 Å². The van der Waals surface area contributed by atoms with E-state index in [0.717, 1.165) is 19.2 Å². The number of hydrogen-bond donors (Lipinski definition) is 3. The summed E-state index contributed by atoms with van der Waals surface area (Å²) in [6.45, 7) is 2.88. The van der Waals surface area contributed by atoms with E-state index < -0.39 is 65.5 Å². The van der Waals surface area contributed by atoms with Crippen LogP contribution in [0.5, 0.6) is 0 Å². The van der Waals surface area contributed by atoms with Crippen molar-refractivity contribution in [2.75, 3.05) is 12.4 Å². The van der Waals surface area contributed by atoms with E-state index in [9.17, 15) is 36.7 Å². The lowest BCUT2D eigenvalue weighted by molar-refractivity contribution is -0.164. The van der Waals surface area contributed by atoms with Crippen molar-refractivity contribution < 1.29 is 36.7 Å². The Morgan fingerprint density at radius 3 is 2.46 bits per heavy atom. The average molecular weight is 523 g/mol. The van der Waals surface area contributed by atoms with Crippen molar-refractivity contribution >= 4 is 29.2 Å². The van der Waals surface area contributed by atoms with Crippen LogP contribution in [0.3, 0.4) is 0 Å². The van der Waals surface area contributed by atoms with E-state index in [1.165, 1.54) is 18.5 Å². The summed E-state index contributed by atoms with van der Waals surface area (Å²) in [5, 5.41) is 6.77. The van der Waals surface area contributed by atoms with Crippen molar-refractivity contribution in [1.29, 1.82) is 0 Å². The summed E-state index contributed by atoms with van der Waals surface area (Å²) in [5.41, 5.74) is -2.26. The number of hydrogen-bond acceptors (Lipinski definition) is 5. The second-order valence-electron chi connectivity index (χ2n) is 9.33. The summed E-state index contributed by atoms with van der Waals surface area (Å²) in [5.74, 6) is -8.17. The molecular formula is C24H25F4N5O4. The van der Waals surface area contributed by atoms with Crippen molar-refractivity contribution in [3.05, 3.63) is 46.3 Å². The summed E-state index contributed by atoms with van der Waals surface area (Å²) >= 11 is 0. The number of alkyl halides is 3. The summed E-state index contributed by atoms with van der Waals surface area (Å²) in [7, 11) is 1.23. The summed E-state index contributed by atoms with van der Waals surface area (Å²) in [6, 6.07) is 1.16. The number of rotatable bonds is 7. The van der Waals surface area contributed by atoms with Gasteiger partial charge in [-0.3, -0.25) is 24.2 Å². The number of ketones is 1. The van der Waals surface area contributed by atoms with Crippen LogP contribution in [-0.4, -0.2) is 51.6 Å². The van der Waals surface area contributed by atoms with Crippen LogP contribution >= 0.6 is 0 Å². The highest BCUT2D eigenvalue weighted by molar-refractivity contribution is 6.44. The molecular weight excluding hydrogens is 498 g/mol. The lowest BCUT2D eigenvalue weighted by Crippen LogP contribution is -2.69. The molecule has 37 heavy (non-hydrogen) atoms. The van der Waals surface area contributed by atoms with Gasteiger partial charge in [0.05, 0.1) is 11.3 Å². The van der Waals surface area contributed by atoms with Crippen LogP contribution in [0.15, 0.2) is 12.3 Å². The quantitative estimate of drug-likeness (QED) is 0.293. The maximum atomic E-state index is 14.6. The van der Waals surface area contributed by atoms with E-state index in [1.54, 1.807) is 0 Å². The monoisotopic (exact) mass is 523 g/mol. The van der Waals surface area contributed by atoms with E-state index in [1.807, 2.05) is 0 Å². The zero-order valence-corrected chi connectivity index (χ0v) is 20.3. The molecule has 1 aliphatic heterocycles. The van der Waals surface area contributed by atoms with E-state index in [2.05, 4.69) is 20.9 Å². The number of aromatic nitrogens is 2. The molecule has 0 aromatic carbocycles. The minimum absolute atomic E-state index is 0.00546. The van der Waals surface area contributed by atoms with E-state index in [0.29, 0.717) is 25.1 Å². The molecule has 2 aromatic rings. The van der Waals surface area contributed by atoms with Crippen LogP contribution in [0.4, 0.5) is 23.2 Å². The first-order valence-corrected chi connectivity index (χ1v) is 11.6. The minimum Gasteiger partial charge on any atom is -0.357 e. The maximum absolute atomic E-state index is 14.6. The summed E-state index contributed by atoms with van der Waals surface area (Å²) < 4.78 is 57.0. The molecule has 13 heteroatoms. The van der Waals surface area contributed by atoms with Crippen LogP contribution < -0.4 is 16.0 Å². The molecule has 2 aromatic heterocycles. The molecule has 3 N–H and O–H groups in total. The number of carbonyl (C=O) groups excluding carboxylic acids is 4. The average Bonchev–Trinajstić information content (AvgIpc) is 3.37. The fraction of sp³-hybridized carbons (Fsp3) is 0.458. The number of likely N-dealkylation sites (N-methyl/N-ethyl adjacent to an activating group) is 1. The lowest BCUT2D eigenvalue weighted by Gasteiger charge is -2.45. The van der Waals surface area contributed by atoms with Crippen molar-refractivity contribution in [3.63, 3.8) is 0 Å². The van der Waals surface area contributed by atoms with Gasteiger partial charge in [0.15, 0.2) is 5.82 Å². The van der Waals surface area contributed by atoms with E-state index in [4.69, 9.17) is 0 Å². The highest BCUT2D eigenvalue weighted by Gasteiger charge is 2.62. The first-order valence-electron chi connectivity index (χ1n) is 11.6. The Kier molecular flexibility index (Phi) is 6.59. The Labute approximate surface area is 209 Å². The molecule has 0 saturated heterocycles. The molecule has 3 heterocycles. The zero-order chi connectivity index (χ0) is 27.3. The number of halogens is 4. The predicted molar refractivity (Wildman–Crippen MR) is 123 cm³/mol. The molecule has 1 saturated carbocycles. The van der Waals surface area contributed by atoms with Crippen molar-refractivity contribution in [3.8, 4) is 0 Å².